The first kappa shape index (κ1) is 18.3. The number of carbonyl (C=O) groups excluding carboxylic acids is 1. The molecule has 0 radical (unpaired) electrons. The average molecular weight is 362 g/mol. The lowest BCUT2D eigenvalue weighted by atomic mass is 10.2. The van der Waals surface area contributed by atoms with Gasteiger partial charge in [-0.3, -0.25) is 9.69 Å². The van der Waals surface area contributed by atoms with Gasteiger partial charge in [0.05, 0.1) is 25.7 Å². The van der Waals surface area contributed by atoms with Gasteiger partial charge >= 0.3 is 5.97 Å². The summed E-state index contributed by atoms with van der Waals surface area (Å²) in [6, 6.07) is 9.11. The Labute approximate surface area is 154 Å². The monoisotopic (exact) mass is 361 g/mol. The van der Waals surface area contributed by atoms with Gasteiger partial charge in [0.15, 0.2) is 5.17 Å². The molecule has 3 rings (SSSR count). The molecule has 0 N–H and O–H groups in total. The molecule has 25 heavy (non-hydrogen) atoms. The molecule has 0 bridgehead atoms. The van der Waals surface area contributed by atoms with Crippen LogP contribution in [-0.2, 0) is 9.53 Å². The Morgan fingerprint density at radius 2 is 2.16 bits per heavy atom. The number of benzene rings is 1. The first-order chi connectivity index (χ1) is 12.2. The number of esters is 1. The summed E-state index contributed by atoms with van der Waals surface area (Å²) in [5.41, 5.74) is 2.36. The van der Waals surface area contributed by atoms with E-state index in [1.165, 1.54) is 43.0 Å². The number of thioether (sulfide) groups is 1. The molecule has 1 aromatic carbocycles. The quantitative estimate of drug-likeness (QED) is 0.750. The molecule has 0 unspecified atom stereocenters. The van der Waals surface area contributed by atoms with E-state index in [0.29, 0.717) is 18.4 Å². The van der Waals surface area contributed by atoms with Crippen molar-refractivity contribution in [1.82, 2.24) is 4.90 Å². The second-order valence-corrected chi connectivity index (χ2v) is 7.55. The van der Waals surface area contributed by atoms with Gasteiger partial charge in [0.2, 0.25) is 0 Å². The number of aliphatic imine (C=N–C) groups is 1. The minimum absolute atomic E-state index is 0.183. The number of aryl methyl sites for hydroxylation is 1. The third kappa shape index (κ3) is 4.76. The molecule has 136 valence electrons. The van der Waals surface area contributed by atoms with E-state index in [1.54, 1.807) is 0 Å². The number of ether oxygens (including phenoxy) is 1. The first-order valence-electron chi connectivity index (χ1n) is 9.08. The van der Waals surface area contributed by atoms with Crippen LogP contribution >= 0.6 is 11.8 Å². The Hall–Kier alpha value is -1.53. The van der Waals surface area contributed by atoms with Crippen molar-refractivity contribution < 1.29 is 9.53 Å². The van der Waals surface area contributed by atoms with Crippen molar-refractivity contribution in [1.29, 1.82) is 0 Å². The maximum absolute atomic E-state index is 11.7. The maximum atomic E-state index is 11.7. The number of hydrogen-bond donors (Lipinski definition) is 0. The molecule has 6 heteroatoms. The fourth-order valence-electron chi connectivity index (χ4n) is 3.46. The first-order valence-corrected chi connectivity index (χ1v) is 10.1. The van der Waals surface area contributed by atoms with Crippen LogP contribution in [0.1, 0.15) is 38.2 Å². The molecule has 0 spiro atoms. The van der Waals surface area contributed by atoms with Gasteiger partial charge in [-0.25, -0.2) is 4.99 Å². The Morgan fingerprint density at radius 1 is 1.36 bits per heavy atom. The van der Waals surface area contributed by atoms with E-state index >= 15 is 0 Å². The van der Waals surface area contributed by atoms with Crippen LogP contribution in [0.5, 0.6) is 0 Å². The van der Waals surface area contributed by atoms with E-state index in [-0.39, 0.29) is 5.97 Å². The molecule has 1 aliphatic heterocycles. The third-order valence-electron chi connectivity index (χ3n) is 4.72. The van der Waals surface area contributed by atoms with Gasteiger partial charge < -0.3 is 9.64 Å². The predicted molar refractivity (Wildman–Crippen MR) is 104 cm³/mol. The lowest BCUT2D eigenvalue weighted by Gasteiger charge is -2.38. The van der Waals surface area contributed by atoms with Crippen molar-refractivity contribution >= 4 is 28.6 Å². The highest BCUT2D eigenvalue weighted by Crippen LogP contribution is 2.29. The number of carbonyl (C=O) groups is 1. The normalized spacial score (nSPS) is 19.1. The zero-order valence-corrected chi connectivity index (χ0v) is 15.9. The average Bonchev–Trinajstić information content (AvgIpc) is 3.15. The van der Waals surface area contributed by atoms with Crippen molar-refractivity contribution in [2.75, 3.05) is 30.6 Å². The molecule has 0 saturated heterocycles. The lowest BCUT2D eigenvalue weighted by Crippen LogP contribution is -2.49. The van der Waals surface area contributed by atoms with E-state index < -0.39 is 0 Å². The molecule has 1 aromatic rings. The predicted octanol–water partition coefficient (Wildman–Crippen LogP) is 3.63. The van der Waals surface area contributed by atoms with Gasteiger partial charge in [0, 0.05) is 11.7 Å². The minimum Gasteiger partial charge on any atom is -0.465 e. The molecule has 1 fully saturated rings. The van der Waals surface area contributed by atoms with Crippen LogP contribution in [0.15, 0.2) is 29.3 Å². The number of amidine groups is 1. The Bertz CT molecular complexity index is 629. The van der Waals surface area contributed by atoms with Crippen LogP contribution in [0.2, 0.25) is 0 Å². The zero-order chi connectivity index (χ0) is 17.6. The standard InChI is InChI=1S/C19H27N3O2S/c1-3-24-18(23)12-25-19-20-13-21(16-8-4-5-9-16)14-22(19)17-10-6-7-15(2)11-17/h6-7,10-11,16H,3-5,8-9,12-14H2,1-2H3. The van der Waals surface area contributed by atoms with Crippen LogP contribution in [0.4, 0.5) is 5.69 Å². The summed E-state index contributed by atoms with van der Waals surface area (Å²) < 4.78 is 5.05. The van der Waals surface area contributed by atoms with Crippen LogP contribution < -0.4 is 4.90 Å². The molecule has 2 aliphatic rings. The highest BCUT2D eigenvalue weighted by molar-refractivity contribution is 8.14. The van der Waals surface area contributed by atoms with Crippen LogP contribution in [-0.4, -0.2) is 47.8 Å². The van der Waals surface area contributed by atoms with Crippen molar-refractivity contribution in [3.05, 3.63) is 29.8 Å². The fraction of sp³-hybridized carbons (Fsp3) is 0.579. The van der Waals surface area contributed by atoms with Crippen molar-refractivity contribution in [2.45, 2.75) is 45.6 Å². The number of hydrogen-bond acceptors (Lipinski definition) is 6. The zero-order valence-electron chi connectivity index (χ0n) is 15.1. The van der Waals surface area contributed by atoms with Crippen molar-refractivity contribution in [3.8, 4) is 0 Å². The molecule has 1 aliphatic carbocycles. The van der Waals surface area contributed by atoms with E-state index in [1.807, 2.05) is 6.92 Å². The second-order valence-electron chi connectivity index (χ2n) is 6.61. The number of anilines is 1. The maximum Gasteiger partial charge on any atom is 0.316 e. The summed E-state index contributed by atoms with van der Waals surface area (Å²) in [5, 5.41) is 0.910. The molecule has 5 nitrogen and oxygen atoms in total. The van der Waals surface area contributed by atoms with Gasteiger partial charge in [-0.15, -0.1) is 0 Å². The van der Waals surface area contributed by atoms with Crippen molar-refractivity contribution in [2.24, 2.45) is 4.99 Å². The summed E-state index contributed by atoms with van der Waals surface area (Å²) in [6.07, 6.45) is 5.17. The molecular formula is C19H27N3O2S. The van der Waals surface area contributed by atoms with E-state index in [2.05, 4.69) is 41.0 Å². The highest BCUT2D eigenvalue weighted by Gasteiger charge is 2.29. The summed E-state index contributed by atoms with van der Waals surface area (Å²) >= 11 is 1.47. The van der Waals surface area contributed by atoms with Gasteiger partial charge in [-0.2, -0.15) is 0 Å². The molecule has 1 heterocycles. The number of nitrogens with zero attached hydrogens (tertiary/aromatic N) is 3. The molecule has 1 saturated carbocycles. The van der Waals surface area contributed by atoms with E-state index in [4.69, 9.17) is 9.73 Å². The summed E-state index contributed by atoms with van der Waals surface area (Å²) in [5.74, 6) is 0.121. The lowest BCUT2D eigenvalue weighted by molar-refractivity contribution is -0.139. The minimum atomic E-state index is -0.183. The summed E-state index contributed by atoms with van der Waals surface area (Å²) in [6.45, 7) is 5.91. The third-order valence-corrected chi connectivity index (χ3v) is 5.71. The molecular weight excluding hydrogens is 334 g/mol. The Kier molecular flexibility index (Phi) is 6.37. The topological polar surface area (TPSA) is 45.1 Å². The molecule has 0 aromatic heterocycles. The van der Waals surface area contributed by atoms with Gasteiger partial charge in [-0.05, 0) is 44.4 Å². The molecule has 0 amide bonds. The van der Waals surface area contributed by atoms with Gasteiger partial charge in [0.1, 0.15) is 0 Å². The van der Waals surface area contributed by atoms with Gasteiger partial charge in [0.25, 0.3) is 0 Å². The van der Waals surface area contributed by atoms with Crippen LogP contribution in [0.3, 0.4) is 0 Å². The fourth-order valence-corrected chi connectivity index (χ4v) is 4.26. The van der Waals surface area contributed by atoms with E-state index in [0.717, 1.165) is 24.2 Å². The molecule has 0 atom stereocenters. The SMILES string of the molecule is CCOC(=O)CSC1=NCN(C2CCCC2)CN1c1cccc(C)c1. The second kappa shape index (κ2) is 8.72. The Balaban J connectivity index is 1.76. The summed E-state index contributed by atoms with van der Waals surface area (Å²) in [4.78, 5) is 21.2. The van der Waals surface area contributed by atoms with Gasteiger partial charge in [-0.1, -0.05) is 36.7 Å². The smallest absolute Gasteiger partial charge is 0.316 e. The van der Waals surface area contributed by atoms with Crippen LogP contribution in [0, 0.1) is 6.92 Å². The number of rotatable bonds is 5. The summed E-state index contributed by atoms with van der Waals surface area (Å²) in [7, 11) is 0. The largest absolute Gasteiger partial charge is 0.465 e. The van der Waals surface area contributed by atoms with Crippen LogP contribution in [0.25, 0.3) is 0 Å². The van der Waals surface area contributed by atoms with Crippen molar-refractivity contribution in [3.63, 3.8) is 0 Å². The highest BCUT2D eigenvalue weighted by atomic mass is 32.2. The Morgan fingerprint density at radius 3 is 2.88 bits per heavy atom. The van der Waals surface area contributed by atoms with E-state index in [9.17, 15) is 4.79 Å².